The van der Waals surface area contributed by atoms with Crippen molar-refractivity contribution in [3.8, 4) is 0 Å². The van der Waals surface area contributed by atoms with Gasteiger partial charge in [0, 0.05) is 30.8 Å². The third-order valence-electron chi connectivity index (χ3n) is 7.79. The maximum Gasteiger partial charge on any atom is 0.253 e. The molecule has 4 heteroatoms. The maximum atomic E-state index is 12.6. The fourth-order valence-electron chi connectivity index (χ4n) is 5.42. The number of benzene rings is 1. The number of hydrogen-bond donors (Lipinski definition) is 1. The van der Waals surface area contributed by atoms with Gasteiger partial charge >= 0.3 is 0 Å². The number of unbranched alkanes of at least 4 members (excludes halogenated alkanes) is 18. The Hall–Kier alpha value is -1.84. The number of carbonyl (C=O) groups excluding carboxylic acids is 2. The normalized spacial score (nSPS) is 13.3. The van der Waals surface area contributed by atoms with Crippen LogP contribution in [-0.2, 0) is 4.79 Å². The minimum Gasteiger partial charge on any atom is -0.339 e. The standard InChI is InChI=1S/C33H56N2O2/c1-2-3-4-5-6-7-8-9-10-11-12-13-14-15-16-17-18-19-20-26-32(36)34-31-25-23-24-30(29-31)33(37)35-27-21-22-28-35/h23-25,29H,2-22,26-28H2,1H3,(H,34,36). The molecule has 210 valence electrons. The average Bonchev–Trinajstić information content (AvgIpc) is 3.45. The molecule has 0 atom stereocenters. The summed E-state index contributed by atoms with van der Waals surface area (Å²) >= 11 is 0. The maximum absolute atomic E-state index is 12.6. The van der Waals surface area contributed by atoms with Crippen LogP contribution < -0.4 is 5.32 Å². The second kappa shape index (κ2) is 21.1. The highest BCUT2D eigenvalue weighted by Crippen LogP contribution is 2.18. The molecule has 1 fully saturated rings. The van der Waals surface area contributed by atoms with Gasteiger partial charge in [-0.3, -0.25) is 9.59 Å². The summed E-state index contributed by atoms with van der Waals surface area (Å²) < 4.78 is 0. The molecule has 1 saturated heterocycles. The van der Waals surface area contributed by atoms with Crippen LogP contribution in [0.1, 0.15) is 159 Å². The van der Waals surface area contributed by atoms with Crippen LogP contribution >= 0.6 is 0 Å². The molecule has 1 aromatic rings. The molecule has 2 rings (SSSR count). The molecule has 1 heterocycles. The molecule has 37 heavy (non-hydrogen) atoms. The van der Waals surface area contributed by atoms with Gasteiger partial charge in [-0.25, -0.2) is 0 Å². The summed E-state index contributed by atoms with van der Waals surface area (Å²) in [5, 5.41) is 2.98. The van der Waals surface area contributed by atoms with Crippen LogP contribution in [0.2, 0.25) is 0 Å². The van der Waals surface area contributed by atoms with Gasteiger partial charge in [-0.1, -0.05) is 129 Å². The van der Waals surface area contributed by atoms with Crippen LogP contribution in [0.3, 0.4) is 0 Å². The number of nitrogens with zero attached hydrogens (tertiary/aromatic N) is 1. The Kier molecular flexibility index (Phi) is 17.9. The number of amides is 2. The van der Waals surface area contributed by atoms with E-state index in [0.717, 1.165) is 44.5 Å². The molecule has 1 N–H and O–H groups in total. The zero-order valence-corrected chi connectivity index (χ0v) is 24.0. The smallest absolute Gasteiger partial charge is 0.253 e. The van der Waals surface area contributed by atoms with Gasteiger partial charge in [-0.15, -0.1) is 0 Å². The first kappa shape index (κ1) is 31.4. The second-order valence-electron chi connectivity index (χ2n) is 11.2. The van der Waals surface area contributed by atoms with Crippen molar-refractivity contribution in [3.05, 3.63) is 29.8 Å². The van der Waals surface area contributed by atoms with E-state index in [0.29, 0.717) is 12.0 Å². The summed E-state index contributed by atoms with van der Waals surface area (Å²) in [6, 6.07) is 7.38. The molecule has 0 saturated carbocycles. The Morgan fingerprint density at radius 1 is 0.676 bits per heavy atom. The highest BCUT2D eigenvalue weighted by atomic mass is 16.2. The number of rotatable bonds is 22. The van der Waals surface area contributed by atoms with Crippen LogP contribution in [0, 0.1) is 0 Å². The first-order chi connectivity index (χ1) is 18.2. The topological polar surface area (TPSA) is 49.4 Å². The van der Waals surface area contributed by atoms with Gasteiger partial charge in [0.15, 0.2) is 0 Å². The van der Waals surface area contributed by atoms with E-state index < -0.39 is 0 Å². The van der Waals surface area contributed by atoms with Crippen molar-refractivity contribution in [3.63, 3.8) is 0 Å². The summed E-state index contributed by atoms with van der Waals surface area (Å²) in [6.07, 6.45) is 28.5. The summed E-state index contributed by atoms with van der Waals surface area (Å²) in [5.41, 5.74) is 1.40. The molecule has 0 spiro atoms. The number of hydrogen-bond acceptors (Lipinski definition) is 2. The Labute approximate surface area is 228 Å². The van der Waals surface area contributed by atoms with Gasteiger partial charge in [0.05, 0.1) is 0 Å². The van der Waals surface area contributed by atoms with Crippen LogP contribution in [-0.4, -0.2) is 29.8 Å². The third-order valence-corrected chi connectivity index (χ3v) is 7.79. The van der Waals surface area contributed by atoms with Gasteiger partial charge in [0.25, 0.3) is 5.91 Å². The van der Waals surface area contributed by atoms with E-state index in [9.17, 15) is 9.59 Å². The van der Waals surface area contributed by atoms with E-state index in [2.05, 4.69) is 12.2 Å². The molecule has 2 amide bonds. The molecule has 1 aromatic carbocycles. The summed E-state index contributed by atoms with van der Waals surface area (Å²) in [7, 11) is 0. The Balaban J connectivity index is 1.36. The Bertz CT molecular complexity index is 727. The minimum atomic E-state index is 0.0535. The van der Waals surface area contributed by atoms with E-state index in [4.69, 9.17) is 0 Å². The fraction of sp³-hybridized carbons (Fsp3) is 0.758. The molecule has 0 bridgehead atoms. The quantitative estimate of drug-likeness (QED) is 0.157. The first-order valence-corrected chi connectivity index (χ1v) is 15.9. The monoisotopic (exact) mass is 512 g/mol. The molecule has 4 nitrogen and oxygen atoms in total. The molecule has 1 aliphatic rings. The van der Waals surface area contributed by atoms with Crippen molar-refractivity contribution in [1.82, 2.24) is 4.90 Å². The largest absolute Gasteiger partial charge is 0.339 e. The van der Waals surface area contributed by atoms with Gasteiger partial charge in [-0.05, 0) is 37.5 Å². The number of nitrogens with one attached hydrogen (secondary N) is 1. The van der Waals surface area contributed by atoms with E-state index in [1.807, 2.05) is 29.2 Å². The highest BCUT2D eigenvalue weighted by molar-refractivity contribution is 5.97. The minimum absolute atomic E-state index is 0.0535. The van der Waals surface area contributed by atoms with Gasteiger partial charge in [0.1, 0.15) is 0 Å². The van der Waals surface area contributed by atoms with Crippen molar-refractivity contribution >= 4 is 17.5 Å². The molecule has 0 aromatic heterocycles. The molecular formula is C33H56N2O2. The SMILES string of the molecule is CCCCCCCCCCCCCCCCCCCCCC(=O)Nc1cccc(C(=O)N2CCCC2)c1. The molecular weight excluding hydrogens is 456 g/mol. The van der Waals surface area contributed by atoms with Crippen molar-refractivity contribution < 1.29 is 9.59 Å². The average molecular weight is 513 g/mol. The Morgan fingerprint density at radius 3 is 1.62 bits per heavy atom. The number of likely N-dealkylation sites (tertiary alicyclic amines) is 1. The molecule has 0 radical (unpaired) electrons. The van der Waals surface area contributed by atoms with Gasteiger partial charge in [-0.2, -0.15) is 0 Å². The molecule has 0 aliphatic carbocycles. The molecule has 1 aliphatic heterocycles. The van der Waals surface area contributed by atoms with Crippen molar-refractivity contribution in [2.75, 3.05) is 18.4 Å². The van der Waals surface area contributed by atoms with Crippen LogP contribution in [0.25, 0.3) is 0 Å². The lowest BCUT2D eigenvalue weighted by molar-refractivity contribution is -0.116. The van der Waals surface area contributed by atoms with E-state index in [1.54, 1.807) is 0 Å². The second-order valence-corrected chi connectivity index (χ2v) is 11.2. The fourth-order valence-corrected chi connectivity index (χ4v) is 5.42. The summed E-state index contributed by atoms with van der Waals surface area (Å²) in [5.74, 6) is 0.130. The lowest BCUT2D eigenvalue weighted by atomic mass is 10.0. The summed E-state index contributed by atoms with van der Waals surface area (Å²) in [6.45, 7) is 3.97. The van der Waals surface area contributed by atoms with Gasteiger partial charge in [0.2, 0.25) is 5.91 Å². The predicted octanol–water partition coefficient (Wildman–Crippen LogP) is 9.68. The lowest BCUT2D eigenvalue weighted by Crippen LogP contribution is -2.27. The third kappa shape index (κ3) is 15.2. The number of anilines is 1. The van der Waals surface area contributed by atoms with E-state index in [-0.39, 0.29) is 11.8 Å². The predicted molar refractivity (Wildman–Crippen MR) is 158 cm³/mol. The van der Waals surface area contributed by atoms with Crippen molar-refractivity contribution in [1.29, 1.82) is 0 Å². The van der Waals surface area contributed by atoms with Crippen LogP contribution in [0.5, 0.6) is 0 Å². The van der Waals surface area contributed by atoms with Crippen LogP contribution in [0.15, 0.2) is 24.3 Å². The lowest BCUT2D eigenvalue weighted by Gasteiger charge is -2.15. The van der Waals surface area contributed by atoms with E-state index in [1.165, 1.54) is 109 Å². The zero-order chi connectivity index (χ0) is 26.4. The highest BCUT2D eigenvalue weighted by Gasteiger charge is 2.19. The zero-order valence-electron chi connectivity index (χ0n) is 24.0. The van der Waals surface area contributed by atoms with Crippen molar-refractivity contribution in [2.24, 2.45) is 0 Å². The van der Waals surface area contributed by atoms with Gasteiger partial charge < -0.3 is 10.2 Å². The number of carbonyl (C=O) groups is 2. The van der Waals surface area contributed by atoms with Crippen LogP contribution in [0.4, 0.5) is 5.69 Å². The van der Waals surface area contributed by atoms with Crippen molar-refractivity contribution in [2.45, 2.75) is 148 Å². The first-order valence-electron chi connectivity index (χ1n) is 15.9. The Morgan fingerprint density at radius 2 is 1.14 bits per heavy atom. The summed E-state index contributed by atoms with van der Waals surface area (Å²) in [4.78, 5) is 26.8. The molecule has 0 unspecified atom stereocenters. The van der Waals surface area contributed by atoms with E-state index >= 15 is 0 Å².